The van der Waals surface area contributed by atoms with Gasteiger partial charge in [-0.25, -0.2) is 4.98 Å². The van der Waals surface area contributed by atoms with Crippen molar-refractivity contribution in [2.45, 2.75) is 12.1 Å². The van der Waals surface area contributed by atoms with Gasteiger partial charge in [-0.05, 0) is 6.92 Å². The molecule has 0 bridgehead atoms. The van der Waals surface area contributed by atoms with Gasteiger partial charge < -0.3 is 15.6 Å². The summed E-state index contributed by atoms with van der Waals surface area (Å²) in [6, 6.07) is 0. The van der Waals surface area contributed by atoms with Gasteiger partial charge in [0.05, 0.1) is 19.0 Å². The summed E-state index contributed by atoms with van der Waals surface area (Å²) < 4.78 is 5.16. The van der Waals surface area contributed by atoms with Gasteiger partial charge in [-0.15, -0.1) is 5.10 Å². The van der Waals surface area contributed by atoms with Crippen LogP contribution in [0.1, 0.15) is 5.82 Å². The zero-order chi connectivity index (χ0) is 14.8. The Balaban J connectivity index is 0.000000204. The molecule has 2 rings (SSSR count). The molecule has 1 aromatic rings. The Morgan fingerprint density at radius 2 is 2.25 bits per heavy atom. The van der Waals surface area contributed by atoms with Crippen molar-refractivity contribution in [3.63, 3.8) is 0 Å². The molecule has 0 spiro atoms. The Morgan fingerprint density at radius 3 is 2.75 bits per heavy atom. The van der Waals surface area contributed by atoms with E-state index in [-0.39, 0.29) is 5.75 Å². The van der Waals surface area contributed by atoms with Crippen LogP contribution in [0.15, 0.2) is 5.16 Å². The lowest BCUT2D eigenvalue weighted by Gasteiger charge is -2.25. The minimum atomic E-state index is -0.863. The second kappa shape index (κ2) is 9.70. The Labute approximate surface area is 122 Å². The molecule has 0 aliphatic carbocycles. The first-order chi connectivity index (χ1) is 9.61. The molecule has 1 aliphatic rings. The zero-order valence-corrected chi connectivity index (χ0v) is 12.4. The highest BCUT2D eigenvalue weighted by Gasteiger charge is 2.07. The highest BCUT2D eigenvalue weighted by atomic mass is 32.2. The summed E-state index contributed by atoms with van der Waals surface area (Å²) in [5, 5.41) is 15.1. The first kappa shape index (κ1) is 16.9. The number of nitrogens with two attached hydrogens (primary N) is 1. The second-order valence-corrected chi connectivity index (χ2v) is 5.07. The summed E-state index contributed by atoms with van der Waals surface area (Å²) in [6.07, 6.45) is 0. The van der Waals surface area contributed by atoms with E-state index in [4.69, 9.17) is 15.6 Å². The molecule has 0 aromatic carbocycles. The van der Waals surface area contributed by atoms with E-state index >= 15 is 0 Å². The largest absolute Gasteiger partial charge is 0.481 e. The van der Waals surface area contributed by atoms with E-state index in [1.165, 1.54) is 0 Å². The van der Waals surface area contributed by atoms with E-state index < -0.39 is 5.97 Å². The first-order valence-electron chi connectivity index (χ1n) is 6.35. The van der Waals surface area contributed by atoms with Crippen molar-refractivity contribution in [3.8, 4) is 0 Å². The van der Waals surface area contributed by atoms with Crippen LogP contribution in [0, 0.1) is 6.92 Å². The minimum Gasteiger partial charge on any atom is -0.481 e. The summed E-state index contributed by atoms with van der Waals surface area (Å²) >= 11 is 1.10. The molecular weight excluding hydrogens is 282 g/mol. The number of H-pyrrole nitrogens is 1. The SMILES string of the molecule is Cc1nc(SCC(=O)O)n[nH]1.NCCN1CCOCC1. The lowest BCUT2D eigenvalue weighted by atomic mass is 10.4. The van der Waals surface area contributed by atoms with Crippen LogP contribution in [0.5, 0.6) is 0 Å². The first-order valence-corrected chi connectivity index (χ1v) is 7.34. The smallest absolute Gasteiger partial charge is 0.313 e. The fourth-order valence-corrected chi connectivity index (χ4v) is 2.08. The number of nitrogens with one attached hydrogen (secondary N) is 1. The number of hydrogen-bond acceptors (Lipinski definition) is 7. The van der Waals surface area contributed by atoms with Crippen molar-refractivity contribution < 1.29 is 14.6 Å². The van der Waals surface area contributed by atoms with Crippen molar-refractivity contribution in [2.75, 3.05) is 45.1 Å². The van der Waals surface area contributed by atoms with Gasteiger partial charge in [-0.3, -0.25) is 14.8 Å². The number of hydrogen-bond donors (Lipinski definition) is 3. The molecule has 0 atom stereocenters. The van der Waals surface area contributed by atoms with Gasteiger partial charge in [-0.1, -0.05) is 11.8 Å². The lowest BCUT2D eigenvalue weighted by molar-refractivity contribution is -0.133. The maximum atomic E-state index is 10.1. The topological polar surface area (TPSA) is 117 Å². The highest BCUT2D eigenvalue weighted by molar-refractivity contribution is 7.99. The average molecular weight is 303 g/mol. The predicted molar refractivity (Wildman–Crippen MR) is 75.8 cm³/mol. The van der Waals surface area contributed by atoms with Crippen LogP contribution in [-0.4, -0.2) is 76.3 Å². The average Bonchev–Trinajstić information content (AvgIpc) is 2.85. The maximum absolute atomic E-state index is 10.1. The molecule has 1 aromatic heterocycles. The molecule has 8 nitrogen and oxygen atoms in total. The molecule has 0 amide bonds. The summed E-state index contributed by atoms with van der Waals surface area (Å²) in [7, 11) is 0. The van der Waals surface area contributed by atoms with E-state index in [9.17, 15) is 4.79 Å². The Bertz CT molecular complexity index is 392. The van der Waals surface area contributed by atoms with Crippen LogP contribution in [0.4, 0.5) is 0 Å². The van der Waals surface area contributed by atoms with Crippen molar-refractivity contribution in [3.05, 3.63) is 5.82 Å². The standard InChI is InChI=1S/C6H14N2O.C5H7N3O2S/c7-1-2-8-3-5-9-6-4-8;1-3-6-5(8-7-3)11-2-4(9)10/h1-7H2;2H2,1H3,(H,9,10)(H,6,7,8). The number of carboxylic acid groups (broad SMARTS) is 1. The Morgan fingerprint density at radius 1 is 1.55 bits per heavy atom. The number of aromatic nitrogens is 3. The van der Waals surface area contributed by atoms with Crippen LogP contribution in [-0.2, 0) is 9.53 Å². The highest BCUT2D eigenvalue weighted by Crippen LogP contribution is 2.10. The maximum Gasteiger partial charge on any atom is 0.313 e. The second-order valence-electron chi connectivity index (χ2n) is 4.13. The molecule has 0 radical (unpaired) electrons. The van der Waals surface area contributed by atoms with Crippen molar-refractivity contribution >= 4 is 17.7 Å². The molecule has 4 N–H and O–H groups in total. The van der Waals surface area contributed by atoms with E-state index in [1.807, 2.05) is 0 Å². The van der Waals surface area contributed by atoms with E-state index in [1.54, 1.807) is 6.92 Å². The molecule has 0 unspecified atom stereocenters. The molecule has 2 heterocycles. The number of carbonyl (C=O) groups is 1. The molecule has 0 saturated carbocycles. The van der Waals surface area contributed by atoms with E-state index in [0.717, 1.165) is 51.2 Å². The summed E-state index contributed by atoms with van der Waals surface area (Å²) in [5.74, 6) is -0.174. The van der Waals surface area contributed by atoms with Crippen LogP contribution in [0.25, 0.3) is 0 Å². The monoisotopic (exact) mass is 303 g/mol. The number of rotatable bonds is 5. The van der Waals surface area contributed by atoms with Gasteiger partial charge in [-0.2, -0.15) is 0 Å². The molecule has 1 saturated heterocycles. The Hall–Kier alpha value is -1.16. The quantitative estimate of drug-likeness (QED) is 0.627. The molecule has 20 heavy (non-hydrogen) atoms. The Kier molecular flexibility index (Phi) is 8.19. The molecule has 114 valence electrons. The van der Waals surface area contributed by atoms with Gasteiger partial charge in [0.2, 0.25) is 5.16 Å². The van der Waals surface area contributed by atoms with E-state index in [2.05, 4.69) is 20.1 Å². The number of thioether (sulfide) groups is 1. The van der Waals surface area contributed by atoms with Gasteiger partial charge in [0.15, 0.2) is 0 Å². The number of aromatic amines is 1. The summed E-state index contributed by atoms with van der Waals surface area (Å²) in [4.78, 5) is 16.3. The third-order valence-corrected chi connectivity index (χ3v) is 3.28. The van der Waals surface area contributed by atoms with Crippen molar-refractivity contribution in [2.24, 2.45) is 5.73 Å². The molecule has 9 heteroatoms. The third kappa shape index (κ3) is 7.43. The van der Waals surface area contributed by atoms with Crippen molar-refractivity contribution in [1.29, 1.82) is 0 Å². The molecule has 1 fully saturated rings. The predicted octanol–water partition coefficient (Wildman–Crippen LogP) is -0.433. The van der Waals surface area contributed by atoms with Crippen molar-refractivity contribution in [1.82, 2.24) is 20.1 Å². The number of aliphatic carboxylic acids is 1. The summed E-state index contributed by atoms with van der Waals surface area (Å²) in [6.45, 7) is 7.40. The third-order valence-electron chi connectivity index (χ3n) is 2.45. The van der Waals surface area contributed by atoms with Gasteiger partial charge in [0, 0.05) is 26.2 Å². The number of morpholine rings is 1. The van der Waals surface area contributed by atoms with Gasteiger partial charge >= 0.3 is 5.97 Å². The van der Waals surface area contributed by atoms with Gasteiger partial charge in [0.1, 0.15) is 5.82 Å². The van der Waals surface area contributed by atoms with Gasteiger partial charge in [0.25, 0.3) is 0 Å². The number of ether oxygens (including phenoxy) is 1. The number of aryl methyl sites for hydroxylation is 1. The fourth-order valence-electron chi connectivity index (χ4n) is 1.52. The number of carboxylic acids is 1. The zero-order valence-electron chi connectivity index (χ0n) is 11.5. The van der Waals surface area contributed by atoms with Crippen LogP contribution in [0.2, 0.25) is 0 Å². The molecule has 1 aliphatic heterocycles. The van der Waals surface area contributed by atoms with Crippen LogP contribution in [0.3, 0.4) is 0 Å². The summed E-state index contributed by atoms with van der Waals surface area (Å²) in [5.41, 5.74) is 5.38. The molecular formula is C11H21N5O3S. The number of nitrogens with zero attached hydrogens (tertiary/aromatic N) is 3. The minimum absolute atomic E-state index is 0.00269. The lowest BCUT2D eigenvalue weighted by Crippen LogP contribution is -2.39. The van der Waals surface area contributed by atoms with Crippen LogP contribution < -0.4 is 5.73 Å². The normalized spacial score (nSPS) is 15.5. The van der Waals surface area contributed by atoms with Crippen LogP contribution >= 0.6 is 11.8 Å². The fraction of sp³-hybridized carbons (Fsp3) is 0.727. The van der Waals surface area contributed by atoms with E-state index in [0.29, 0.717) is 11.0 Å².